The fraction of sp³-hybridized carbons (Fsp3) is 0.310. The first-order valence-corrected chi connectivity index (χ1v) is 12.6. The molecule has 1 amide bonds. The number of aromatic nitrogens is 2. The molecule has 0 aliphatic carbocycles. The summed E-state index contributed by atoms with van der Waals surface area (Å²) in [5.41, 5.74) is 3.80. The number of anilines is 1. The standard InChI is InChI=1S/C29H31FN4O2/c1-2-36-27-13-6-3-9-23(27)19-31-28(35)22-14-16-33(17-15-22)29-32-25-11-4-5-12-26(25)34(29)20-21-8-7-10-24(30)18-21/h3-13,18,22H,2,14-17,19-20H2,1H3,(H,31,35). The van der Waals surface area contributed by atoms with Gasteiger partial charge in [-0.15, -0.1) is 0 Å². The zero-order chi connectivity index (χ0) is 24.9. The number of para-hydroxylation sites is 3. The quantitative estimate of drug-likeness (QED) is 0.374. The smallest absolute Gasteiger partial charge is 0.223 e. The number of amides is 1. The van der Waals surface area contributed by atoms with E-state index in [1.54, 1.807) is 12.1 Å². The van der Waals surface area contributed by atoms with Gasteiger partial charge >= 0.3 is 0 Å². The van der Waals surface area contributed by atoms with Crippen molar-refractivity contribution in [3.8, 4) is 5.75 Å². The number of piperidine rings is 1. The maximum absolute atomic E-state index is 13.8. The second-order valence-electron chi connectivity index (χ2n) is 9.14. The molecule has 0 bridgehead atoms. The summed E-state index contributed by atoms with van der Waals surface area (Å²) in [5, 5.41) is 3.10. The molecule has 1 saturated heterocycles. The maximum Gasteiger partial charge on any atom is 0.223 e. The fourth-order valence-electron chi connectivity index (χ4n) is 4.89. The predicted octanol–water partition coefficient (Wildman–Crippen LogP) is 5.16. The van der Waals surface area contributed by atoms with Gasteiger partial charge in [0.25, 0.3) is 0 Å². The Kier molecular flexibility index (Phi) is 7.16. The molecule has 186 valence electrons. The molecule has 6 nitrogen and oxygen atoms in total. The molecular weight excluding hydrogens is 455 g/mol. The van der Waals surface area contributed by atoms with Gasteiger partial charge in [0, 0.05) is 31.1 Å². The summed E-state index contributed by atoms with van der Waals surface area (Å²) < 4.78 is 21.7. The van der Waals surface area contributed by atoms with Crippen LogP contribution in [0.4, 0.5) is 10.3 Å². The van der Waals surface area contributed by atoms with Crippen molar-refractivity contribution in [1.82, 2.24) is 14.9 Å². The Hall–Kier alpha value is -3.87. The molecule has 2 heterocycles. The topological polar surface area (TPSA) is 59.4 Å². The van der Waals surface area contributed by atoms with Gasteiger partial charge in [-0.05, 0) is 55.7 Å². The number of halogens is 1. The number of carbonyl (C=O) groups is 1. The number of imidazole rings is 1. The van der Waals surface area contributed by atoms with Crippen molar-refractivity contribution in [1.29, 1.82) is 0 Å². The molecule has 1 N–H and O–H groups in total. The molecule has 0 saturated carbocycles. The van der Waals surface area contributed by atoms with Crippen LogP contribution in [0.2, 0.25) is 0 Å². The van der Waals surface area contributed by atoms with Crippen molar-refractivity contribution >= 4 is 22.9 Å². The van der Waals surface area contributed by atoms with Gasteiger partial charge in [-0.25, -0.2) is 9.37 Å². The number of ether oxygens (including phenoxy) is 1. The summed E-state index contributed by atoms with van der Waals surface area (Å²) in [6.45, 7) is 5.01. The summed E-state index contributed by atoms with van der Waals surface area (Å²) >= 11 is 0. The number of nitrogens with one attached hydrogen (secondary N) is 1. The first-order valence-electron chi connectivity index (χ1n) is 12.6. The Morgan fingerprint density at radius 3 is 2.64 bits per heavy atom. The largest absolute Gasteiger partial charge is 0.494 e. The summed E-state index contributed by atoms with van der Waals surface area (Å²) in [7, 11) is 0. The highest BCUT2D eigenvalue weighted by Crippen LogP contribution is 2.28. The molecule has 1 aliphatic heterocycles. The highest BCUT2D eigenvalue weighted by atomic mass is 19.1. The molecular formula is C29H31FN4O2. The van der Waals surface area contributed by atoms with E-state index in [2.05, 4.69) is 14.8 Å². The van der Waals surface area contributed by atoms with Crippen molar-refractivity contribution in [2.45, 2.75) is 32.9 Å². The van der Waals surface area contributed by atoms with Gasteiger partial charge in [-0.1, -0.05) is 42.5 Å². The monoisotopic (exact) mass is 486 g/mol. The van der Waals surface area contributed by atoms with Gasteiger partial charge in [-0.2, -0.15) is 0 Å². The number of hydrogen-bond acceptors (Lipinski definition) is 4. The highest BCUT2D eigenvalue weighted by molar-refractivity contribution is 5.80. The Labute approximate surface area is 210 Å². The van der Waals surface area contributed by atoms with Crippen molar-refractivity contribution in [2.24, 2.45) is 5.92 Å². The minimum absolute atomic E-state index is 0.0402. The van der Waals surface area contributed by atoms with E-state index in [9.17, 15) is 9.18 Å². The van der Waals surface area contributed by atoms with E-state index in [1.807, 2.05) is 61.5 Å². The van der Waals surface area contributed by atoms with Gasteiger partial charge in [0.05, 0.1) is 24.2 Å². The molecule has 7 heteroatoms. The van der Waals surface area contributed by atoms with Gasteiger partial charge in [0.15, 0.2) is 0 Å². The van der Waals surface area contributed by atoms with Crippen LogP contribution in [0, 0.1) is 11.7 Å². The zero-order valence-electron chi connectivity index (χ0n) is 20.5. The van der Waals surface area contributed by atoms with E-state index in [0.29, 0.717) is 19.7 Å². The number of nitrogens with zero attached hydrogens (tertiary/aromatic N) is 3. The number of carbonyl (C=O) groups excluding carboxylic acids is 1. The number of benzene rings is 3. The van der Waals surface area contributed by atoms with E-state index in [4.69, 9.17) is 9.72 Å². The Bertz CT molecular complexity index is 1340. The molecule has 0 atom stereocenters. The molecule has 1 aromatic heterocycles. The van der Waals surface area contributed by atoms with E-state index in [0.717, 1.165) is 59.8 Å². The van der Waals surface area contributed by atoms with Crippen LogP contribution in [-0.2, 0) is 17.9 Å². The second kappa shape index (κ2) is 10.8. The Balaban J connectivity index is 1.26. The van der Waals surface area contributed by atoms with Crippen molar-refractivity contribution in [3.05, 3.63) is 89.7 Å². The van der Waals surface area contributed by atoms with Crippen LogP contribution in [-0.4, -0.2) is 35.2 Å². The van der Waals surface area contributed by atoms with E-state index >= 15 is 0 Å². The lowest BCUT2D eigenvalue weighted by Gasteiger charge is -2.32. The SMILES string of the molecule is CCOc1ccccc1CNC(=O)C1CCN(c2nc3ccccc3n2Cc2cccc(F)c2)CC1. The molecule has 36 heavy (non-hydrogen) atoms. The average molecular weight is 487 g/mol. The first kappa shape index (κ1) is 23.9. The van der Waals surface area contributed by atoms with E-state index < -0.39 is 0 Å². The lowest BCUT2D eigenvalue weighted by molar-refractivity contribution is -0.125. The normalized spacial score (nSPS) is 14.2. The van der Waals surface area contributed by atoms with Crippen molar-refractivity contribution in [2.75, 3.05) is 24.6 Å². The minimum atomic E-state index is -0.242. The average Bonchev–Trinajstić information content (AvgIpc) is 3.26. The zero-order valence-corrected chi connectivity index (χ0v) is 20.5. The number of rotatable bonds is 8. The van der Waals surface area contributed by atoms with Gasteiger partial charge in [0.1, 0.15) is 11.6 Å². The van der Waals surface area contributed by atoms with Crippen LogP contribution in [0.1, 0.15) is 30.9 Å². The molecule has 1 fully saturated rings. The molecule has 1 aliphatic rings. The Morgan fingerprint density at radius 2 is 1.83 bits per heavy atom. The fourth-order valence-corrected chi connectivity index (χ4v) is 4.89. The van der Waals surface area contributed by atoms with Gasteiger partial charge < -0.3 is 19.5 Å². The lowest BCUT2D eigenvalue weighted by Crippen LogP contribution is -2.41. The van der Waals surface area contributed by atoms with Crippen LogP contribution in [0.3, 0.4) is 0 Å². The van der Waals surface area contributed by atoms with Crippen LogP contribution in [0.5, 0.6) is 5.75 Å². The van der Waals surface area contributed by atoms with Crippen molar-refractivity contribution < 1.29 is 13.9 Å². The summed E-state index contributed by atoms with van der Waals surface area (Å²) in [5.74, 6) is 1.47. The third kappa shape index (κ3) is 5.20. The molecule has 0 unspecified atom stereocenters. The highest BCUT2D eigenvalue weighted by Gasteiger charge is 2.28. The summed E-state index contributed by atoms with van der Waals surface area (Å²) in [6.07, 6.45) is 1.50. The molecule has 3 aromatic carbocycles. The molecule has 0 spiro atoms. The van der Waals surface area contributed by atoms with Crippen molar-refractivity contribution in [3.63, 3.8) is 0 Å². The van der Waals surface area contributed by atoms with E-state index in [1.165, 1.54) is 6.07 Å². The van der Waals surface area contributed by atoms with Crippen LogP contribution < -0.4 is 15.0 Å². The van der Waals surface area contributed by atoms with Gasteiger partial charge in [0.2, 0.25) is 11.9 Å². The first-order chi connectivity index (χ1) is 17.6. The molecule has 0 radical (unpaired) electrons. The molecule has 5 rings (SSSR count). The van der Waals surface area contributed by atoms with Crippen LogP contribution >= 0.6 is 0 Å². The second-order valence-corrected chi connectivity index (χ2v) is 9.14. The lowest BCUT2D eigenvalue weighted by atomic mass is 9.96. The summed E-state index contributed by atoms with van der Waals surface area (Å²) in [6, 6.07) is 22.5. The maximum atomic E-state index is 13.8. The number of hydrogen-bond donors (Lipinski definition) is 1. The number of fused-ring (bicyclic) bond motifs is 1. The third-order valence-corrected chi connectivity index (χ3v) is 6.74. The summed E-state index contributed by atoms with van der Waals surface area (Å²) in [4.78, 5) is 20.1. The minimum Gasteiger partial charge on any atom is -0.494 e. The predicted molar refractivity (Wildman–Crippen MR) is 140 cm³/mol. The Morgan fingerprint density at radius 1 is 1.06 bits per heavy atom. The van der Waals surface area contributed by atoms with Gasteiger partial charge in [-0.3, -0.25) is 4.79 Å². The third-order valence-electron chi connectivity index (χ3n) is 6.74. The van der Waals surface area contributed by atoms with Crippen LogP contribution in [0.25, 0.3) is 11.0 Å². The van der Waals surface area contributed by atoms with E-state index in [-0.39, 0.29) is 17.6 Å². The van der Waals surface area contributed by atoms with Crippen LogP contribution in [0.15, 0.2) is 72.8 Å². The molecule has 4 aromatic rings.